The molecule has 2 heterocycles. The number of hydrogen-bond acceptors (Lipinski definition) is 4. The van der Waals surface area contributed by atoms with Crippen LogP contribution in [0.25, 0.3) is 0 Å². The van der Waals surface area contributed by atoms with Crippen molar-refractivity contribution in [3.63, 3.8) is 0 Å². The van der Waals surface area contributed by atoms with Crippen LogP contribution in [0.5, 0.6) is 0 Å². The molecule has 0 aliphatic carbocycles. The molecule has 0 saturated carbocycles. The van der Waals surface area contributed by atoms with Gasteiger partial charge < -0.3 is 16.5 Å². The van der Waals surface area contributed by atoms with Gasteiger partial charge >= 0.3 is 0 Å². The third kappa shape index (κ3) is 3.27. The Morgan fingerprint density at radius 3 is 3.06 bits per heavy atom. The van der Waals surface area contributed by atoms with Crippen molar-refractivity contribution in [3.8, 4) is 0 Å². The summed E-state index contributed by atoms with van der Waals surface area (Å²) in [6, 6.07) is 1.82. The Balaban J connectivity index is 1.98. The fourth-order valence-electron chi connectivity index (χ4n) is 1.84. The van der Waals surface area contributed by atoms with E-state index in [-0.39, 0.29) is 0 Å². The van der Waals surface area contributed by atoms with Crippen molar-refractivity contribution in [2.24, 2.45) is 10.7 Å². The lowest BCUT2D eigenvalue weighted by atomic mass is 10.0. The molecule has 1 aromatic heterocycles. The standard InChI is InChI=1S/C12H18N6/c1-8-6-12(18-17-8)16-11(14)7-10(13)9-2-4-15-5-3-9/h2,6,13,15H,3-5,7H2,1H3,(H3,14,16,17,18). The minimum absolute atomic E-state index is 0.373. The van der Waals surface area contributed by atoms with Crippen LogP contribution in [0.4, 0.5) is 5.82 Å². The van der Waals surface area contributed by atoms with E-state index in [0.717, 1.165) is 30.8 Å². The number of hydrogen-bond donors (Lipinski definition) is 4. The second kappa shape index (κ2) is 5.59. The number of H-pyrrole nitrogens is 1. The second-order valence-corrected chi connectivity index (χ2v) is 4.35. The molecule has 1 aromatic rings. The quantitative estimate of drug-likeness (QED) is 0.471. The van der Waals surface area contributed by atoms with E-state index >= 15 is 0 Å². The van der Waals surface area contributed by atoms with Crippen molar-refractivity contribution in [2.45, 2.75) is 19.8 Å². The number of aliphatic imine (C=N–C) groups is 1. The Kier molecular flexibility index (Phi) is 3.88. The summed E-state index contributed by atoms with van der Waals surface area (Å²) in [5, 5.41) is 18.0. The van der Waals surface area contributed by atoms with E-state index in [1.54, 1.807) is 0 Å². The molecule has 5 N–H and O–H groups in total. The number of amidine groups is 1. The Labute approximate surface area is 106 Å². The van der Waals surface area contributed by atoms with Gasteiger partial charge in [-0.15, -0.1) is 0 Å². The normalized spacial score (nSPS) is 16.5. The van der Waals surface area contributed by atoms with Gasteiger partial charge in [0.05, 0.1) is 0 Å². The van der Waals surface area contributed by atoms with E-state index in [1.807, 2.05) is 19.1 Å². The van der Waals surface area contributed by atoms with Crippen molar-refractivity contribution in [1.82, 2.24) is 15.5 Å². The lowest BCUT2D eigenvalue weighted by Gasteiger charge is -2.14. The summed E-state index contributed by atoms with van der Waals surface area (Å²) in [4.78, 5) is 4.18. The number of aromatic nitrogens is 2. The van der Waals surface area contributed by atoms with Gasteiger partial charge in [0.2, 0.25) is 0 Å². The smallest absolute Gasteiger partial charge is 0.175 e. The number of aryl methyl sites for hydroxylation is 1. The molecule has 0 fully saturated rings. The molecule has 0 radical (unpaired) electrons. The zero-order chi connectivity index (χ0) is 13.0. The van der Waals surface area contributed by atoms with Crippen LogP contribution in [0.15, 0.2) is 22.7 Å². The third-order valence-corrected chi connectivity index (χ3v) is 2.76. The summed E-state index contributed by atoms with van der Waals surface area (Å²) in [5.74, 6) is 0.989. The highest BCUT2D eigenvalue weighted by Gasteiger charge is 2.10. The van der Waals surface area contributed by atoms with Crippen LogP contribution in [0, 0.1) is 12.3 Å². The first-order chi connectivity index (χ1) is 8.65. The van der Waals surface area contributed by atoms with Crippen LogP contribution in [0.1, 0.15) is 18.5 Å². The zero-order valence-electron chi connectivity index (χ0n) is 10.5. The van der Waals surface area contributed by atoms with Crippen molar-refractivity contribution in [1.29, 1.82) is 5.41 Å². The van der Waals surface area contributed by atoms with Crippen molar-refractivity contribution in [2.75, 3.05) is 13.1 Å². The first-order valence-electron chi connectivity index (χ1n) is 5.98. The van der Waals surface area contributed by atoms with Gasteiger partial charge in [-0.2, -0.15) is 5.10 Å². The molecule has 0 spiro atoms. The van der Waals surface area contributed by atoms with Gasteiger partial charge in [0.25, 0.3) is 0 Å². The lowest BCUT2D eigenvalue weighted by Crippen LogP contribution is -2.25. The molecular formula is C12H18N6. The average molecular weight is 246 g/mol. The summed E-state index contributed by atoms with van der Waals surface area (Å²) >= 11 is 0. The highest BCUT2D eigenvalue weighted by Crippen LogP contribution is 2.11. The summed E-state index contributed by atoms with van der Waals surface area (Å²) in [5.41, 5.74) is 8.38. The van der Waals surface area contributed by atoms with Gasteiger partial charge in [0, 0.05) is 30.4 Å². The predicted octanol–water partition coefficient (Wildman–Crippen LogP) is 1.04. The van der Waals surface area contributed by atoms with Gasteiger partial charge in [-0.1, -0.05) is 6.08 Å². The van der Waals surface area contributed by atoms with Crippen LogP contribution >= 0.6 is 0 Å². The van der Waals surface area contributed by atoms with E-state index < -0.39 is 0 Å². The molecule has 0 saturated heterocycles. The van der Waals surface area contributed by atoms with E-state index in [1.165, 1.54) is 0 Å². The molecule has 96 valence electrons. The molecular weight excluding hydrogens is 228 g/mol. The maximum absolute atomic E-state index is 8.00. The first kappa shape index (κ1) is 12.5. The second-order valence-electron chi connectivity index (χ2n) is 4.35. The fraction of sp³-hybridized carbons (Fsp3) is 0.417. The minimum Gasteiger partial charge on any atom is -0.387 e. The molecule has 6 nitrogen and oxygen atoms in total. The fourth-order valence-corrected chi connectivity index (χ4v) is 1.84. The Morgan fingerprint density at radius 2 is 2.44 bits per heavy atom. The summed E-state index contributed by atoms with van der Waals surface area (Å²) in [7, 11) is 0. The lowest BCUT2D eigenvalue weighted by molar-refractivity contribution is 0.716. The molecule has 0 atom stereocenters. The maximum Gasteiger partial charge on any atom is 0.175 e. The van der Waals surface area contributed by atoms with Crippen LogP contribution in [0.2, 0.25) is 0 Å². The zero-order valence-corrected chi connectivity index (χ0v) is 10.5. The largest absolute Gasteiger partial charge is 0.387 e. The van der Waals surface area contributed by atoms with Gasteiger partial charge in [-0.3, -0.25) is 5.10 Å². The molecule has 18 heavy (non-hydrogen) atoms. The average Bonchev–Trinajstić information content (AvgIpc) is 2.75. The van der Waals surface area contributed by atoms with Crippen molar-refractivity contribution >= 4 is 17.4 Å². The highest BCUT2D eigenvalue weighted by atomic mass is 15.2. The maximum atomic E-state index is 8.00. The predicted molar refractivity (Wildman–Crippen MR) is 72.5 cm³/mol. The Morgan fingerprint density at radius 1 is 1.61 bits per heavy atom. The number of nitrogens with zero attached hydrogens (tertiary/aromatic N) is 2. The van der Waals surface area contributed by atoms with Crippen LogP contribution in [-0.2, 0) is 0 Å². The SMILES string of the molecule is Cc1cc(N=C(N)CC(=N)C2=CCNCC2)n[nH]1. The monoisotopic (exact) mass is 246 g/mol. The molecule has 1 aliphatic rings. The van der Waals surface area contributed by atoms with E-state index in [0.29, 0.717) is 23.8 Å². The summed E-state index contributed by atoms with van der Waals surface area (Å²) < 4.78 is 0. The summed E-state index contributed by atoms with van der Waals surface area (Å²) in [6.07, 6.45) is 3.29. The van der Waals surface area contributed by atoms with Gasteiger partial charge in [0.15, 0.2) is 5.82 Å². The van der Waals surface area contributed by atoms with Crippen LogP contribution < -0.4 is 11.1 Å². The van der Waals surface area contributed by atoms with Gasteiger partial charge in [-0.05, 0) is 25.5 Å². The van der Waals surface area contributed by atoms with E-state index in [9.17, 15) is 0 Å². The Hall–Kier alpha value is -1.95. The number of nitrogens with two attached hydrogens (primary N) is 1. The topological polar surface area (TPSA) is 103 Å². The molecule has 0 amide bonds. The first-order valence-corrected chi connectivity index (χ1v) is 5.98. The molecule has 0 unspecified atom stereocenters. The molecule has 1 aliphatic heterocycles. The molecule has 0 aromatic carbocycles. The highest BCUT2D eigenvalue weighted by molar-refractivity contribution is 6.10. The molecule has 0 bridgehead atoms. The number of aromatic amines is 1. The molecule has 6 heteroatoms. The van der Waals surface area contributed by atoms with Gasteiger partial charge in [-0.25, -0.2) is 4.99 Å². The van der Waals surface area contributed by atoms with Crippen LogP contribution in [0.3, 0.4) is 0 Å². The van der Waals surface area contributed by atoms with Crippen molar-refractivity contribution < 1.29 is 0 Å². The van der Waals surface area contributed by atoms with Gasteiger partial charge in [0.1, 0.15) is 5.84 Å². The Bertz CT molecular complexity index is 496. The number of nitrogens with one attached hydrogen (secondary N) is 3. The van der Waals surface area contributed by atoms with Crippen molar-refractivity contribution in [3.05, 3.63) is 23.4 Å². The number of rotatable bonds is 4. The summed E-state index contributed by atoms with van der Waals surface area (Å²) in [6.45, 7) is 3.65. The molecule has 2 rings (SSSR count). The van der Waals surface area contributed by atoms with Crippen LogP contribution in [-0.4, -0.2) is 34.8 Å². The van der Waals surface area contributed by atoms with E-state index in [2.05, 4.69) is 20.5 Å². The third-order valence-electron chi connectivity index (χ3n) is 2.76. The minimum atomic E-state index is 0.373. The van der Waals surface area contributed by atoms with E-state index in [4.69, 9.17) is 11.1 Å².